The van der Waals surface area contributed by atoms with E-state index in [2.05, 4.69) is 10.6 Å². The quantitative estimate of drug-likeness (QED) is 0.907. The standard InChI is InChI=1S/C18H19N3O3/c22-17(15-2-1-7-19-15)20-14-3-4-16-12(10-14)5-8-21(16)18(23)13-6-9-24-11-13/h3-4,6,9-11,15,19H,1-2,5,7-8H2,(H,20,22)/t15-/m0/s1. The number of hydrogen-bond acceptors (Lipinski definition) is 4. The number of furan rings is 1. The molecule has 1 saturated heterocycles. The Kier molecular flexibility index (Phi) is 3.82. The lowest BCUT2D eigenvalue weighted by Crippen LogP contribution is -2.35. The molecule has 1 aromatic heterocycles. The Morgan fingerprint density at radius 2 is 2.21 bits per heavy atom. The lowest BCUT2D eigenvalue weighted by atomic mass is 10.1. The van der Waals surface area contributed by atoms with E-state index in [-0.39, 0.29) is 17.9 Å². The van der Waals surface area contributed by atoms with Gasteiger partial charge in [0.15, 0.2) is 0 Å². The highest BCUT2D eigenvalue weighted by Crippen LogP contribution is 2.31. The molecule has 6 heteroatoms. The Morgan fingerprint density at radius 3 is 2.96 bits per heavy atom. The van der Waals surface area contributed by atoms with Gasteiger partial charge in [0.2, 0.25) is 5.91 Å². The Labute approximate surface area is 139 Å². The van der Waals surface area contributed by atoms with Crippen LogP contribution >= 0.6 is 0 Å². The Balaban J connectivity index is 1.50. The fourth-order valence-electron chi connectivity index (χ4n) is 3.37. The maximum Gasteiger partial charge on any atom is 0.261 e. The van der Waals surface area contributed by atoms with Gasteiger partial charge in [0, 0.05) is 17.9 Å². The molecule has 0 aliphatic carbocycles. The molecule has 3 heterocycles. The smallest absolute Gasteiger partial charge is 0.261 e. The molecule has 2 aliphatic heterocycles. The van der Waals surface area contributed by atoms with Crippen molar-refractivity contribution in [2.45, 2.75) is 25.3 Å². The maximum atomic E-state index is 12.5. The van der Waals surface area contributed by atoms with Crippen LogP contribution in [0.4, 0.5) is 11.4 Å². The van der Waals surface area contributed by atoms with E-state index in [9.17, 15) is 9.59 Å². The van der Waals surface area contributed by atoms with E-state index in [1.165, 1.54) is 12.5 Å². The molecule has 4 rings (SSSR count). The molecule has 124 valence electrons. The summed E-state index contributed by atoms with van der Waals surface area (Å²) in [6, 6.07) is 7.29. The first-order valence-corrected chi connectivity index (χ1v) is 8.23. The number of hydrogen-bond donors (Lipinski definition) is 2. The number of carbonyl (C=O) groups is 2. The monoisotopic (exact) mass is 325 g/mol. The van der Waals surface area contributed by atoms with Crippen molar-refractivity contribution in [1.29, 1.82) is 0 Å². The second kappa shape index (κ2) is 6.13. The van der Waals surface area contributed by atoms with E-state index in [1.807, 2.05) is 18.2 Å². The maximum absolute atomic E-state index is 12.5. The van der Waals surface area contributed by atoms with Gasteiger partial charge in [0.05, 0.1) is 17.9 Å². The molecule has 0 spiro atoms. The Morgan fingerprint density at radius 1 is 1.29 bits per heavy atom. The summed E-state index contributed by atoms with van der Waals surface area (Å²) < 4.78 is 4.99. The number of carbonyl (C=O) groups excluding carboxylic acids is 2. The zero-order valence-corrected chi connectivity index (χ0v) is 13.2. The highest BCUT2D eigenvalue weighted by molar-refractivity contribution is 6.07. The van der Waals surface area contributed by atoms with Crippen LogP contribution < -0.4 is 15.5 Å². The Hall–Kier alpha value is -2.60. The van der Waals surface area contributed by atoms with Crippen LogP contribution in [0.5, 0.6) is 0 Å². The summed E-state index contributed by atoms with van der Waals surface area (Å²) in [5.41, 5.74) is 3.31. The van der Waals surface area contributed by atoms with Crippen LogP contribution in [-0.4, -0.2) is 30.9 Å². The molecule has 0 unspecified atom stereocenters. The van der Waals surface area contributed by atoms with Gasteiger partial charge in [0.1, 0.15) is 6.26 Å². The van der Waals surface area contributed by atoms with E-state index in [4.69, 9.17) is 4.42 Å². The number of anilines is 2. The third kappa shape index (κ3) is 2.69. The van der Waals surface area contributed by atoms with Gasteiger partial charge >= 0.3 is 0 Å². The van der Waals surface area contributed by atoms with Crippen molar-refractivity contribution in [3.63, 3.8) is 0 Å². The summed E-state index contributed by atoms with van der Waals surface area (Å²) in [6.45, 7) is 1.54. The number of amides is 2. The van der Waals surface area contributed by atoms with Crippen LogP contribution in [0, 0.1) is 0 Å². The largest absolute Gasteiger partial charge is 0.472 e. The van der Waals surface area contributed by atoms with Gasteiger partial charge in [-0.15, -0.1) is 0 Å². The van der Waals surface area contributed by atoms with Gasteiger partial charge in [-0.25, -0.2) is 0 Å². The van der Waals surface area contributed by atoms with Gasteiger partial charge in [-0.2, -0.15) is 0 Å². The second-order valence-corrected chi connectivity index (χ2v) is 6.20. The second-order valence-electron chi connectivity index (χ2n) is 6.20. The van der Waals surface area contributed by atoms with E-state index in [0.29, 0.717) is 12.1 Å². The molecule has 2 aliphatic rings. The summed E-state index contributed by atoms with van der Waals surface area (Å²) in [6.07, 6.45) is 5.66. The van der Waals surface area contributed by atoms with Crippen molar-refractivity contribution >= 4 is 23.2 Å². The fraction of sp³-hybridized carbons (Fsp3) is 0.333. The van der Waals surface area contributed by atoms with Crippen LogP contribution in [0.3, 0.4) is 0 Å². The topological polar surface area (TPSA) is 74.6 Å². The molecule has 2 N–H and O–H groups in total. The lowest BCUT2D eigenvalue weighted by Gasteiger charge is -2.17. The molecule has 0 radical (unpaired) electrons. The molecule has 1 fully saturated rings. The van der Waals surface area contributed by atoms with Crippen LogP contribution in [0.1, 0.15) is 28.8 Å². The molecular formula is C18H19N3O3. The van der Waals surface area contributed by atoms with Gasteiger partial charge in [-0.05, 0) is 55.6 Å². The predicted octanol–water partition coefficient (Wildman–Crippen LogP) is 2.17. The molecule has 24 heavy (non-hydrogen) atoms. The van der Waals surface area contributed by atoms with E-state index >= 15 is 0 Å². The SMILES string of the molecule is O=C(Nc1ccc2c(c1)CCN2C(=O)c1ccoc1)[C@@H]1CCCN1. The summed E-state index contributed by atoms with van der Waals surface area (Å²) in [4.78, 5) is 26.4. The number of fused-ring (bicyclic) bond motifs is 1. The molecule has 1 atom stereocenters. The first-order valence-electron chi connectivity index (χ1n) is 8.23. The number of rotatable bonds is 3. The summed E-state index contributed by atoms with van der Waals surface area (Å²) in [7, 11) is 0. The Bertz CT molecular complexity index is 764. The molecule has 0 saturated carbocycles. The first-order chi connectivity index (χ1) is 11.7. The van der Waals surface area contributed by atoms with Crippen LogP contribution in [-0.2, 0) is 11.2 Å². The van der Waals surface area contributed by atoms with Crippen molar-refractivity contribution < 1.29 is 14.0 Å². The van der Waals surface area contributed by atoms with Crippen molar-refractivity contribution in [3.8, 4) is 0 Å². The van der Waals surface area contributed by atoms with Crippen molar-refractivity contribution in [2.24, 2.45) is 0 Å². The zero-order chi connectivity index (χ0) is 16.5. The summed E-state index contributed by atoms with van der Waals surface area (Å²) in [5.74, 6) is -0.0498. The number of benzene rings is 1. The lowest BCUT2D eigenvalue weighted by molar-refractivity contribution is -0.117. The normalized spacial score (nSPS) is 19.3. The van der Waals surface area contributed by atoms with Crippen LogP contribution in [0.15, 0.2) is 41.2 Å². The average Bonchev–Trinajstić information content (AvgIpc) is 3.33. The van der Waals surface area contributed by atoms with Crippen molar-refractivity contribution in [3.05, 3.63) is 47.9 Å². The summed E-state index contributed by atoms with van der Waals surface area (Å²) >= 11 is 0. The molecule has 1 aromatic carbocycles. The third-order valence-corrected chi connectivity index (χ3v) is 4.63. The van der Waals surface area contributed by atoms with Crippen molar-refractivity contribution in [1.82, 2.24) is 5.32 Å². The minimum Gasteiger partial charge on any atom is -0.472 e. The van der Waals surface area contributed by atoms with Gasteiger partial charge in [-0.1, -0.05) is 0 Å². The van der Waals surface area contributed by atoms with Gasteiger partial charge < -0.3 is 20.0 Å². The number of nitrogens with zero attached hydrogens (tertiary/aromatic N) is 1. The third-order valence-electron chi connectivity index (χ3n) is 4.63. The zero-order valence-electron chi connectivity index (χ0n) is 13.2. The average molecular weight is 325 g/mol. The van der Waals surface area contributed by atoms with E-state index in [0.717, 1.165) is 42.7 Å². The van der Waals surface area contributed by atoms with E-state index < -0.39 is 0 Å². The highest BCUT2D eigenvalue weighted by atomic mass is 16.3. The summed E-state index contributed by atoms with van der Waals surface area (Å²) in [5, 5.41) is 6.16. The minimum atomic E-state index is -0.0996. The molecule has 2 aromatic rings. The highest BCUT2D eigenvalue weighted by Gasteiger charge is 2.27. The van der Waals surface area contributed by atoms with E-state index in [1.54, 1.807) is 11.0 Å². The van der Waals surface area contributed by atoms with Gasteiger partial charge in [0.25, 0.3) is 5.91 Å². The molecule has 0 bridgehead atoms. The minimum absolute atomic E-state index is 0.0109. The van der Waals surface area contributed by atoms with Crippen LogP contribution in [0.2, 0.25) is 0 Å². The predicted molar refractivity (Wildman–Crippen MR) is 90.2 cm³/mol. The number of nitrogens with one attached hydrogen (secondary N) is 2. The first kappa shape index (κ1) is 15.0. The molecular weight excluding hydrogens is 306 g/mol. The fourth-order valence-corrected chi connectivity index (χ4v) is 3.37. The molecule has 6 nitrogen and oxygen atoms in total. The molecule has 2 amide bonds. The van der Waals surface area contributed by atoms with Crippen LogP contribution in [0.25, 0.3) is 0 Å². The van der Waals surface area contributed by atoms with Gasteiger partial charge in [-0.3, -0.25) is 9.59 Å². The van der Waals surface area contributed by atoms with Crippen molar-refractivity contribution in [2.75, 3.05) is 23.3 Å².